The second-order valence-corrected chi connectivity index (χ2v) is 6.27. The quantitative estimate of drug-likeness (QED) is 0.758. The molecule has 0 bridgehead atoms. The van der Waals surface area contributed by atoms with E-state index in [1.807, 2.05) is 24.7 Å². The molecule has 21 heavy (non-hydrogen) atoms. The van der Waals surface area contributed by atoms with Crippen LogP contribution in [0.25, 0.3) is 11.0 Å². The summed E-state index contributed by atoms with van der Waals surface area (Å²) in [6, 6.07) is 4.36. The molecule has 1 saturated carbocycles. The molecular formula is C15H14BrN5. The highest BCUT2D eigenvalue weighted by molar-refractivity contribution is 9.10. The summed E-state index contributed by atoms with van der Waals surface area (Å²) in [6.45, 7) is 0. The summed E-state index contributed by atoms with van der Waals surface area (Å²) < 4.78 is 1.00. The normalized spacial score (nSPS) is 16.0. The van der Waals surface area contributed by atoms with E-state index in [2.05, 4.69) is 47.2 Å². The first-order chi connectivity index (χ1) is 10.3. The molecule has 1 aliphatic carbocycles. The van der Waals surface area contributed by atoms with Gasteiger partial charge in [0.1, 0.15) is 17.8 Å². The number of anilines is 1. The molecule has 3 aromatic rings. The zero-order valence-corrected chi connectivity index (χ0v) is 12.8. The van der Waals surface area contributed by atoms with E-state index in [-0.39, 0.29) is 6.04 Å². The lowest BCUT2D eigenvalue weighted by molar-refractivity contribution is 0.673. The second-order valence-electron chi connectivity index (χ2n) is 5.36. The van der Waals surface area contributed by atoms with Crippen LogP contribution < -0.4 is 5.32 Å². The third-order valence-corrected chi connectivity index (χ3v) is 4.26. The van der Waals surface area contributed by atoms with E-state index in [0.29, 0.717) is 5.92 Å². The molecule has 4 rings (SSSR count). The van der Waals surface area contributed by atoms with Crippen LogP contribution in [0.15, 0.2) is 41.5 Å². The van der Waals surface area contributed by atoms with Gasteiger partial charge in [-0.05, 0) is 52.4 Å². The molecule has 3 aromatic heterocycles. The van der Waals surface area contributed by atoms with E-state index in [9.17, 15) is 0 Å². The predicted octanol–water partition coefficient (Wildman–Crippen LogP) is 3.68. The van der Waals surface area contributed by atoms with Crippen LogP contribution >= 0.6 is 15.9 Å². The molecule has 106 valence electrons. The molecule has 0 amide bonds. The second kappa shape index (κ2) is 5.11. The Morgan fingerprint density at radius 3 is 3.00 bits per heavy atom. The summed E-state index contributed by atoms with van der Waals surface area (Å²) in [5, 5.41) is 4.60. The Balaban J connectivity index is 1.71. The molecule has 0 radical (unpaired) electrons. The zero-order chi connectivity index (χ0) is 14.2. The number of halogens is 1. The lowest BCUT2D eigenvalue weighted by atomic mass is 10.0. The lowest BCUT2D eigenvalue weighted by Gasteiger charge is -2.19. The van der Waals surface area contributed by atoms with E-state index in [1.54, 1.807) is 6.33 Å². The van der Waals surface area contributed by atoms with Gasteiger partial charge in [0, 0.05) is 23.1 Å². The van der Waals surface area contributed by atoms with Crippen molar-refractivity contribution in [3.05, 3.63) is 47.1 Å². The Hall–Kier alpha value is -1.95. The SMILES string of the molecule is Brc1cncc([C@@H](Nc2ncnc3[nH]ccc23)C2CC2)c1. The molecule has 0 spiro atoms. The van der Waals surface area contributed by atoms with Crippen LogP contribution in [0, 0.1) is 5.92 Å². The molecule has 0 aliphatic heterocycles. The summed E-state index contributed by atoms with van der Waals surface area (Å²) in [6.07, 6.45) is 9.69. The Labute approximate surface area is 130 Å². The number of nitrogens with one attached hydrogen (secondary N) is 2. The minimum absolute atomic E-state index is 0.239. The van der Waals surface area contributed by atoms with Crippen molar-refractivity contribution in [1.29, 1.82) is 0 Å². The highest BCUT2D eigenvalue weighted by Gasteiger charge is 2.33. The van der Waals surface area contributed by atoms with E-state index >= 15 is 0 Å². The molecule has 1 atom stereocenters. The van der Waals surface area contributed by atoms with E-state index in [4.69, 9.17) is 0 Å². The predicted molar refractivity (Wildman–Crippen MR) is 84.9 cm³/mol. The van der Waals surface area contributed by atoms with Gasteiger partial charge in [-0.3, -0.25) is 4.98 Å². The molecular weight excluding hydrogens is 330 g/mol. The molecule has 0 unspecified atom stereocenters. The van der Waals surface area contributed by atoms with Crippen molar-refractivity contribution in [2.45, 2.75) is 18.9 Å². The van der Waals surface area contributed by atoms with Crippen molar-refractivity contribution in [3.63, 3.8) is 0 Å². The lowest BCUT2D eigenvalue weighted by Crippen LogP contribution is -2.14. The number of nitrogens with zero attached hydrogens (tertiary/aromatic N) is 3. The molecule has 0 saturated heterocycles. The Morgan fingerprint density at radius 1 is 1.29 bits per heavy atom. The van der Waals surface area contributed by atoms with Gasteiger partial charge in [0.25, 0.3) is 0 Å². The molecule has 1 aliphatic rings. The standard InChI is InChI=1S/C15H14BrN5/c16-11-5-10(6-17-7-11)13(9-1-2-9)21-15-12-3-4-18-14(12)19-8-20-15/h3-9,13H,1-2H2,(H2,18,19,20,21)/t13-/m0/s1. The van der Waals surface area contributed by atoms with Crippen molar-refractivity contribution in [2.75, 3.05) is 5.32 Å². The van der Waals surface area contributed by atoms with Crippen molar-refractivity contribution in [3.8, 4) is 0 Å². The first-order valence-electron chi connectivity index (χ1n) is 6.96. The highest BCUT2D eigenvalue weighted by atomic mass is 79.9. The zero-order valence-electron chi connectivity index (χ0n) is 11.3. The maximum absolute atomic E-state index is 4.40. The third-order valence-electron chi connectivity index (χ3n) is 3.82. The smallest absolute Gasteiger partial charge is 0.142 e. The maximum Gasteiger partial charge on any atom is 0.142 e. The maximum atomic E-state index is 4.40. The number of pyridine rings is 1. The van der Waals surface area contributed by atoms with Gasteiger partial charge in [-0.1, -0.05) is 0 Å². The molecule has 0 aromatic carbocycles. The van der Waals surface area contributed by atoms with Crippen molar-refractivity contribution >= 4 is 32.8 Å². The Bertz CT molecular complexity index is 780. The summed E-state index contributed by atoms with van der Waals surface area (Å²) in [5.41, 5.74) is 2.04. The van der Waals surface area contributed by atoms with Gasteiger partial charge >= 0.3 is 0 Å². The van der Waals surface area contributed by atoms with Crippen LogP contribution in [-0.4, -0.2) is 19.9 Å². The minimum atomic E-state index is 0.239. The number of aromatic nitrogens is 4. The molecule has 5 nitrogen and oxygen atoms in total. The van der Waals surface area contributed by atoms with Crippen LogP contribution in [0.4, 0.5) is 5.82 Å². The van der Waals surface area contributed by atoms with Crippen LogP contribution in [-0.2, 0) is 0 Å². The van der Waals surface area contributed by atoms with Crippen molar-refractivity contribution in [2.24, 2.45) is 5.92 Å². The van der Waals surface area contributed by atoms with Gasteiger partial charge < -0.3 is 10.3 Å². The van der Waals surface area contributed by atoms with Gasteiger partial charge in [0.05, 0.1) is 11.4 Å². The van der Waals surface area contributed by atoms with Crippen LogP contribution in [0.2, 0.25) is 0 Å². The molecule has 1 fully saturated rings. The van der Waals surface area contributed by atoms with Crippen LogP contribution in [0.5, 0.6) is 0 Å². The number of aromatic amines is 1. The number of hydrogen-bond acceptors (Lipinski definition) is 4. The van der Waals surface area contributed by atoms with Gasteiger partial charge in [-0.2, -0.15) is 0 Å². The first-order valence-corrected chi connectivity index (χ1v) is 7.75. The highest BCUT2D eigenvalue weighted by Crippen LogP contribution is 2.43. The van der Waals surface area contributed by atoms with Crippen LogP contribution in [0.1, 0.15) is 24.4 Å². The van der Waals surface area contributed by atoms with Crippen molar-refractivity contribution in [1.82, 2.24) is 19.9 Å². The Kier molecular flexibility index (Phi) is 3.11. The van der Waals surface area contributed by atoms with Gasteiger partial charge in [-0.15, -0.1) is 0 Å². The first kappa shape index (κ1) is 12.8. The largest absolute Gasteiger partial charge is 0.362 e. The number of rotatable bonds is 4. The van der Waals surface area contributed by atoms with Crippen molar-refractivity contribution < 1.29 is 0 Å². The van der Waals surface area contributed by atoms with Gasteiger partial charge in [0.2, 0.25) is 0 Å². The van der Waals surface area contributed by atoms with E-state index in [0.717, 1.165) is 21.3 Å². The van der Waals surface area contributed by atoms with Gasteiger partial charge in [-0.25, -0.2) is 9.97 Å². The van der Waals surface area contributed by atoms with E-state index < -0.39 is 0 Å². The molecule has 6 heteroatoms. The average molecular weight is 344 g/mol. The Morgan fingerprint density at radius 2 is 2.19 bits per heavy atom. The van der Waals surface area contributed by atoms with Gasteiger partial charge in [0.15, 0.2) is 0 Å². The number of H-pyrrole nitrogens is 1. The number of hydrogen-bond donors (Lipinski definition) is 2. The fourth-order valence-corrected chi connectivity index (χ4v) is 3.02. The summed E-state index contributed by atoms with van der Waals surface area (Å²) >= 11 is 3.50. The summed E-state index contributed by atoms with van der Waals surface area (Å²) in [4.78, 5) is 16.0. The molecule has 2 N–H and O–H groups in total. The third kappa shape index (κ3) is 2.51. The monoisotopic (exact) mass is 343 g/mol. The van der Waals surface area contributed by atoms with Crippen LogP contribution in [0.3, 0.4) is 0 Å². The topological polar surface area (TPSA) is 66.5 Å². The average Bonchev–Trinajstić information content (AvgIpc) is 3.21. The fourth-order valence-electron chi connectivity index (χ4n) is 2.64. The summed E-state index contributed by atoms with van der Waals surface area (Å²) in [5.74, 6) is 1.52. The summed E-state index contributed by atoms with van der Waals surface area (Å²) in [7, 11) is 0. The fraction of sp³-hybridized carbons (Fsp3) is 0.267. The molecule has 3 heterocycles. The minimum Gasteiger partial charge on any atom is -0.362 e. The number of fused-ring (bicyclic) bond motifs is 1. The van der Waals surface area contributed by atoms with E-state index in [1.165, 1.54) is 18.4 Å².